The second kappa shape index (κ2) is 10.3. The van der Waals surface area contributed by atoms with E-state index in [0.717, 1.165) is 22.3 Å². The van der Waals surface area contributed by atoms with Crippen molar-refractivity contribution in [3.8, 4) is 22.3 Å². The summed E-state index contributed by atoms with van der Waals surface area (Å²) in [5.41, 5.74) is 15.8. The predicted octanol–water partition coefficient (Wildman–Crippen LogP) is 9.61. The Morgan fingerprint density at radius 2 is 0.740 bits per heavy atom. The van der Waals surface area contributed by atoms with E-state index in [-0.39, 0.29) is 11.9 Å². The molecule has 0 amide bonds. The molecule has 0 saturated carbocycles. The first-order valence-corrected chi connectivity index (χ1v) is 17.3. The molecule has 0 saturated heterocycles. The number of carbonyl (C=O) groups is 2. The molecule has 0 N–H and O–H groups in total. The molecular formula is C46H32O4. The molecule has 0 radical (unpaired) electrons. The third-order valence-corrected chi connectivity index (χ3v) is 11.3. The van der Waals surface area contributed by atoms with Crippen LogP contribution in [0.15, 0.2) is 133 Å². The number of ether oxygens (including phenoxy) is 2. The van der Waals surface area contributed by atoms with E-state index in [0.29, 0.717) is 24.3 Å². The van der Waals surface area contributed by atoms with Crippen LogP contribution >= 0.6 is 0 Å². The van der Waals surface area contributed by atoms with Crippen LogP contribution in [0, 0.1) is 0 Å². The maximum atomic E-state index is 13.4. The Hall–Kier alpha value is -6.00. The largest absolute Gasteiger partial charge is 0.462 e. The average Bonchev–Trinajstić information content (AvgIpc) is 3.83. The van der Waals surface area contributed by atoms with E-state index in [1.807, 2.05) is 26.0 Å². The van der Waals surface area contributed by atoms with E-state index in [1.54, 1.807) is 0 Å². The molecule has 0 aromatic heterocycles. The van der Waals surface area contributed by atoms with Gasteiger partial charge in [-0.05, 0) is 116 Å². The van der Waals surface area contributed by atoms with E-state index in [1.165, 1.54) is 55.7 Å². The van der Waals surface area contributed by atoms with Crippen LogP contribution in [-0.2, 0) is 20.3 Å². The van der Waals surface area contributed by atoms with Crippen molar-refractivity contribution >= 4 is 23.1 Å². The minimum absolute atomic E-state index is 0.300. The number of fused-ring (bicyclic) bond motifs is 18. The van der Waals surface area contributed by atoms with Crippen molar-refractivity contribution < 1.29 is 19.1 Å². The highest BCUT2D eigenvalue weighted by Crippen LogP contribution is 2.74. The van der Waals surface area contributed by atoms with Gasteiger partial charge in [-0.1, -0.05) is 109 Å². The first-order valence-electron chi connectivity index (χ1n) is 17.3. The molecule has 0 aliphatic heterocycles. The Bertz CT molecular complexity index is 2250. The molecule has 0 fully saturated rings. The highest BCUT2D eigenvalue weighted by atomic mass is 16.5. The smallest absolute Gasteiger partial charge is 0.338 e. The number of allylic oxidation sites excluding steroid dienone is 2. The molecule has 0 unspecified atom stereocenters. The lowest BCUT2D eigenvalue weighted by molar-refractivity contribution is 0.0516. The molecule has 6 aromatic carbocycles. The summed E-state index contributed by atoms with van der Waals surface area (Å²) in [5.74, 6) is -0.661. The number of hydrogen-bond acceptors (Lipinski definition) is 4. The second-order valence-electron chi connectivity index (χ2n) is 13.4. The zero-order valence-electron chi connectivity index (χ0n) is 27.7. The van der Waals surface area contributed by atoms with Gasteiger partial charge in [0.1, 0.15) is 0 Å². The van der Waals surface area contributed by atoms with E-state index >= 15 is 0 Å². The molecule has 4 aliphatic carbocycles. The molecule has 10 rings (SSSR count). The zero-order valence-corrected chi connectivity index (χ0v) is 27.7. The maximum Gasteiger partial charge on any atom is 0.338 e. The Balaban J connectivity index is 1.42. The van der Waals surface area contributed by atoms with Crippen LogP contribution in [0.5, 0.6) is 0 Å². The van der Waals surface area contributed by atoms with Crippen LogP contribution < -0.4 is 0 Å². The van der Waals surface area contributed by atoms with Crippen molar-refractivity contribution in [1.82, 2.24) is 0 Å². The van der Waals surface area contributed by atoms with E-state index < -0.39 is 10.8 Å². The van der Waals surface area contributed by atoms with Gasteiger partial charge in [0.2, 0.25) is 0 Å². The molecule has 4 aliphatic rings. The summed E-state index contributed by atoms with van der Waals surface area (Å²) in [6.07, 6.45) is 0. The quantitative estimate of drug-likeness (QED) is 0.179. The fraction of sp³-hybridized carbons (Fsp3) is 0.130. The minimum Gasteiger partial charge on any atom is -0.462 e. The Morgan fingerprint density at radius 1 is 0.420 bits per heavy atom. The van der Waals surface area contributed by atoms with Gasteiger partial charge in [0, 0.05) is 0 Å². The zero-order chi connectivity index (χ0) is 33.8. The Morgan fingerprint density at radius 3 is 1.06 bits per heavy atom. The van der Waals surface area contributed by atoms with Gasteiger partial charge in [0.05, 0.1) is 35.2 Å². The van der Waals surface area contributed by atoms with Gasteiger partial charge in [-0.2, -0.15) is 0 Å². The summed E-state index contributed by atoms with van der Waals surface area (Å²) in [7, 11) is 0. The van der Waals surface area contributed by atoms with Crippen LogP contribution in [0.3, 0.4) is 0 Å². The van der Waals surface area contributed by atoms with Gasteiger partial charge in [0.25, 0.3) is 0 Å². The van der Waals surface area contributed by atoms with Crippen LogP contribution in [0.1, 0.15) is 79.1 Å². The SMILES string of the molecule is CCOC(=O)c1ccc2c(c1)C1(C3=C2C2(c4cc(C(=O)OCC)ccc43)c3ccccc3-c3ccccc32)c2ccccc2-c2ccccc21. The molecule has 6 aromatic rings. The van der Waals surface area contributed by atoms with E-state index in [4.69, 9.17) is 9.47 Å². The van der Waals surface area contributed by atoms with Crippen molar-refractivity contribution in [2.24, 2.45) is 0 Å². The topological polar surface area (TPSA) is 52.6 Å². The molecular weight excluding hydrogens is 617 g/mol. The number of carbonyl (C=O) groups excluding carboxylic acids is 2. The summed E-state index contributed by atoms with van der Waals surface area (Å²) in [5, 5.41) is 0. The molecule has 240 valence electrons. The predicted molar refractivity (Wildman–Crippen MR) is 195 cm³/mol. The second-order valence-corrected chi connectivity index (χ2v) is 13.4. The fourth-order valence-electron chi connectivity index (χ4n) is 9.73. The lowest BCUT2D eigenvalue weighted by Gasteiger charge is -2.35. The van der Waals surface area contributed by atoms with Crippen LogP contribution in [0.2, 0.25) is 0 Å². The highest BCUT2D eigenvalue weighted by Gasteiger charge is 2.63. The van der Waals surface area contributed by atoms with Crippen molar-refractivity contribution in [2.45, 2.75) is 24.7 Å². The molecule has 4 heteroatoms. The molecule has 2 spiro atoms. The van der Waals surface area contributed by atoms with Gasteiger partial charge < -0.3 is 9.47 Å². The third kappa shape index (κ3) is 3.31. The van der Waals surface area contributed by atoms with E-state index in [2.05, 4.69) is 121 Å². The van der Waals surface area contributed by atoms with Gasteiger partial charge in [-0.3, -0.25) is 0 Å². The van der Waals surface area contributed by atoms with Gasteiger partial charge in [-0.25, -0.2) is 9.59 Å². The number of benzene rings is 6. The van der Waals surface area contributed by atoms with Gasteiger partial charge in [0.15, 0.2) is 0 Å². The maximum absolute atomic E-state index is 13.4. The lowest BCUT2D eigenvalue weighted by Crippen LogP contribution is -2.29. The van der Waals surface area contributed by atoms with Crippen molar-refractivity contribution in [2.75, 3.05) is 13.2 Å². The average molecular weight is 649 g/mol. The van der Waals surface area contributed by atoms with Crippen molar-refractivity contribution in [3.63, 3.8) is 0 Å². The van der Waals surface area contributed by atoms with Crippen LogP contribution in [0.4, 0.5) is 0 Å². The molecule has 4 nitrogen and oxygen atoms in total. The monoisotopic (exact) mass is 648 g/mol. The summed E-state index contributed by atoms with van der Waals surface area (Å²) in [6.45, 7) is 4.28. The van der Waals surface area contributed by atoms with E-state index in [9.17, 15) is 9.59 Å². The summed E-state index contributed by atoms with van der Waals surface area (Å²) < 4.78 is 11.1. The number of hydrogen-bond donors (Lipinski definition) is 0. The van der Waals surface area contributed by atoms with Crippen molar-refractivity contribution in [1.29, 1.82) is 0 Å². The first-order chi connectivity index (χ1) is 24.6. The minimum atomic E-state index is -0.726. The third-order valence-electron chi connectivity index (χ3n) is 11.3. The highest BCUT2D eigenvalue weighted by molar-refractivity contribution is 6.20. The normalized spacial score (nSPS) is 15.6. The summed E-state index contributed by atoms with van der Waals surface area (Å²) >= 11 is 0. The molecule has 0 atom stereocenters. The van der Waals surface area contributed by atoms with Crippen LogP contribution in [-0.4, -0.2) is 25.2 Å². The standard InChI is InChI=1S/C46H32O4/c1-3-49-43(47)27-21-23-33-39(25-27)45(35-17-9-5-13-29(35)30-14-6-10-18-36(30)45)42-34-24-22-28(44(48)50-4-2)26-40(34)46(41(33)42)37-19-11-7-15-31(37)32-16-8-12-20-38(32)46/h5-26H,3-4H2,1-2H3. The van der Waals surface area contributed by atoms with Gasteiger partial charge >= 0.3 is 11.9 Å². The first kappa shape index (κ1) is 29.0. The lowest BCUT2D eigenvalue weighted by atomic mass is 9.66. The molecule has 0 heterocycles. The number of esters is 2. The summed E-state index contributed by atoms with van der Waals surface area (Å²) in [6, 6.07) is 47.0. The summed E-state index contributed by atoms with van der Waals surface area (Å²) in [4.78, 5) is 26.9. The number of rotatable bonds is 4. The van der Waals surface area contributed by atoms with Crippen LogP contribution in [0.25, 0.3) is 33.4 Å². The van der Waals surface area contributed by atoms with Gasteiger partial charge in [-0.15, -0.1) is 0 Å². The van der Waals surface area contributed by atoms with Crippen molar-refractivity contribution in [3.05, 3.63) is 189 Å². The Kier molecular flexibility index (Phi) is 5.94. The molecule has 50 heavy (non-hydrogen) atoms. The molecule has 0 bridgehead atoms. The fourth-order valence-corrected chi connectivity index (χ4v) is 9.73. The Labute approximate surface area is 290 Å².